The van der Waals surface area contributed by atoms with E-state index in [0.717, 1.165) is 20.5 Å². The van der Waals surface area contributed by atoms with Gasteiger partial charge in [0, 0.05) is 11.2 Å². The molecule has 1 aromatic carbocycles. The Labute approximate surface area is 80.2 Å². The fourth-order valence-corrected chi connectivity index (χ4v) is 2.32. The van der Waals surface area contributed by atoms with Crippen LogP contribution in [0.4, 0.5) is 0 Å². The highest BCUT2D eigenvalue weighted by Gasteiger charge is 2.03. The molecule has 2 nitrogen and oxygen atoms in total. The third-order valence-corrected chi connectivity index (χ3v) is 3.09. The van der Waals surface area contributed by atoms with Gasteiger partial charge >= 0.3 is 0 Å². The van der Waals surface area contributed by atoms with Crippen molar-refractivity contribution in [3.05, 3.63) is 34.7 Å². The van der Waals surface area contributed by atoms with Crippen molar-refractivity contribution in [3.63, 3.8) is 0 Å². The predicted molar refractivity (Wildman–Crippen MR) is 54.4 cm³/mol. The number of nitrogens with zero attached hydrogens (tertiary/aromatic N) is 1. The normalized spacial score (nSPS) is 10.2. The van der Waals surface area contributed by atoms with Crippen LogP contribution in [0.2, 0.25) is 0 Å². The summed E-state index contributed by atoms with van der Waals surface area (Å²) in [7, 11) is 0. The van der Waals surface area contributed by atoms with Gasteiger partial charge in [0.05, 0.1) is 0 Å². The molecule has 0 unspecified atom stereocenters. The summed E-state index contributed by atoms with van der Waals surface area (Å²) < 4.78 is 1.14. The fraction of sp³-hybridized carbons (Fsp3) is 0.100. The molecule has 64 valence electrons. The maximum atomic E-state index is 8.73. The van der Waals surface area contributed by atoms with Gasteiger partial charge in [0.15, 0.2) is 0 Å². The van der Waals surface area contributed by atoms with Crippen LogP contribution >= 0.6 is 11.3 Å². The van der Waals surface area contributed by atoms with Gasteiger partial charge in [0.1, 0.15) is 10.9 Å². The largest absolute Gasteiger partial charge is 0.326 e. The highest BCUT2D eigenvalue weighted by Crippen LogP contribution is 2.27. The zero-order valence-electron chi connectivity index (χ0n) is 6.95. The Morgan fingerprint density at radius 1 is 1.46 bits per heavy atom. The molecule has 1 heterocycles. The van der Waals surface area contributed by atoms with Crippen molar-refractivity contribution in [3.8, 4) is 6.07 Å². The molecule has 0 atom stereocenters. The highest BCUT2D eigenvalue weighted by molar-refractivity contribution is 7.19. The maximum Gasteiger partial charge on any atom is 0.110 e. The van der Waals surface area contributed by atoms with Crippen molar-refractivity contribution < 1.29 is 0 Å². The summed E-state index contributed by atoms with van der Waals surface area (Å²) in [5.41, 5.74) is 6.71. The average molecular weight is 188 g/mol. The van der Waals surface area contributed by atoms with Crippen molar-refractivity contribution in [1.29, 1.82) is 5.26 Å². The maximum absolute atomic E-state index is 8.73. The first-order valence-corrected chi connectivity index (χ1v) is 4.78. The van der Waals surface area contributed by atoms with Crippen molar-refractivity contribution in [2.24, 2.45) is 5.73 Å². The number of nitrogens with two attached hydrogens (primary N) is 1. The molecule has 2 rings (SSSR count). The third kappa shape index (κ3) is 1.31. The number of benzene rings is 1. The van der Waals surface area contributed by atoms with Crippen LogP contribution in [0.25, 0.3) is 10.1 Å². The zero-order chi connectivity index (χ0) is 9.26. The molecule has 0 spiro atoms. The topological polar surface area (TPSA) is 49.8 Å². The minimum Gasteiger partial charge on any atom is -0.326 e. The van der Waals surface area contributed by atoms with E-state index in [1.54, 1.807) is 0 Å². The molecule has 0 aliphatic rings. The number of hydrogen-bond donors (Lipinski definition) is 1. The summed E-state index contributed by atoms with van der Waals surface area (Å²) >= 11 is 1.51. The van der Waals surface area contributed by atoms with Gasteiger partial charge in [-0.1, -0.05) is 18.2 Å². The van der Waals surface area contributed by atoms with E-state index in [9.17, 15) is 0 Å². The molecule has 2 N–H and O–H groups in total. The Morgan fingerprint density at radius 2 is 2.31 bits per heavy atom. The lowest BCUT2D eigenvalue weighted by Crippen LogP contribution is -1.95. The molecule has 0 radical (unpaired) electrons. The van der Waals surface area contributed by atoms with Crippen molar-refractivity contribution in [2.45, 2.75) is 6.54 Å². The Balaban J connectivity index is 2.76. The summed E-state index contributed by atoms with van der Waals surface area (Å²) in [6, 6.07) is 10.0. The minimum absolute atomic E-state index is 0.530. The first kappa shape index (κ1) is 8.24. The summed E-state index contributed by atoms with van der Waals surface area (Å²) in [5, 5.41) is 9.85. The van der Waals surface area contributed by atoms with Crippen LogP contribution in [0, 0.1) is 11.3 Å². The Bertz CT molecular complexity index is 479. The first-order chi connectivity index (χ1) is 6.35. The van der Waals surface area contributed by atoms with Gasteiger partial charge in [0.2, 0.25) is 0 Å². The zero-order valence-corrected chi connectivity index (χ0v) is 7.77. The number of thiophene rings is 1. The van der Waals surface area contributed by atoms with E-state index in [0.29, 0.717) is 6.54 Å². The smallest absolute Gasteiger partial charge is 0.110 e. The summed E-state index contributed by atoms with van der Waals surface area (Å²) in [5.74, 6) is 0. The molecule has 0 fully saturated rings. The number of fused-ring (bicyclic) bond motifs is 1. The number of rotatable bonds is 1. The van der Waals surface area contributed by atoms with Crippen LogP contribution < -0.4 is 5.73 Å². The minimum atomic E-state index is 0.530. The van der Waals surface area contributed by atoms with E-state index in [4.69, 9.17) is 11.0 Å². The number of nitriles is 1. The van der Waals surface area contributed by atoms with E-state index >= 15 is 0 Å². The molecule has 0 bridgehead atoms. The third-order valence-electron chi connectivity index (χ3n) is 1.96. The van der Waals surface area contributed by atoms with Crippen LogP contribution in [0.1, 0.15) is 10.4 Å². The average Bonchev–Trinajstić information content (AvgIpc) is 2.59. The lowest BCUT2D eigenvalue weighted by Gasteiger charge is -1.96. The fourth-order valence-electron chi connectivity index (χ4n) is 1.34. The lowest BCUT2D eigenvalue weighted by atomic mass is 10.1. The molecule has 3 heteroatoms. The second-order valence-electron chi connectivity index (χ2n) is 2.76. The van der Waals surface area contributed by atoms with Crippen molar-refractivity contribution >= 4 is 21.4 Å². The van der Waals surface area contributed by atoms with Gasteiger partial charge in [-0.05, 0) is 17.0 Å². The van der Waals surface area contributed by atoms with Crippen LogP contribution in [-0.2, 0) is 6.54 Å². The van der Waals surface area contributed by atoms with Crippen molar-refractivity contribution in [2.75, 3.05) is 0 Å². The summed E-state index contributed by atoms with van der Waals surface area (Å²) in [6.45, 7) is 0.530. The van der Waals surface area contributed by atoms with Gasteiger partial charge in [-0.25, -0.2) is 0 Å². The van der Waals surface area contributed by atoms with E-state index in [1.165, 1.54) is 11.3 Å². The second kappa shape index (κ2) is 3.17. The van der Waals surface area contributed by atoms with E-state index in [2.05, 4.69) is 6.07 Å². The van der Waals surface area contributed by atoms with Crippen molar-refractivity contribution in [1.82, 2.24) is 0 Å². The lowest BCUT2D eigenvalue weighted by molar-refractivity contribution is 1.09. The second-order valence-corrected chi connectivity index (χ2v) is 3.81. The quantitative estimate of drug-likeness (QED) is 0.746. The molecule has 0 saturated carbocycles. The monoisotopic (exact) mass is 188 g/mol. The Hall–Kier alpha value is -1.37. The summed E-state index contributed by atoms with van der Waals surface area (Å²) in [4.78, 5) is 0.746. The molecule has 0 aliphatic carbocycles. The van der Waals surface area contributed by atoms with Gasteiger partial charge in [0.25, 0.3) is 0 Å². The van der Waals surface area contributed by atoms with Crippen LogP contribution in [0.15, 0.2) is 24.3 Å². The molecule has 13 heavy (non-hydrogen) atoms. The molecule has 0 amide bonds. The van der Waals surface area contributed by atoms with Crippen LogP contribution in [0.5, 0.6) is 0 Å². The van der Waals surface area contributed by atoms with E-state index < -0.39 is 0 Å². The molecule has 0 saturated heterocycles. The first-order valence-electron chi connectivity index (χ1n) is 3.97. The van der Waals surface area contributed by atoms with Crippen LogP contribution in [0.3, 0.4) is 0 Å². The van der Waals surface area contributed by atoms with Gasteiger partial charge in [-0.15, -0.1) is 11.3 Å². The van der Waals surface area contributed by atoms with Crippen LogP contribution in [-0.4, -0.2) is 0 Å². The summed E-state index contributed by atoms with van der Waals surface area (Å²) in [6.07, 6.45) is 0. The molecule has 0 aliphatic heterocycles. The Kier molecular flexibility index (Phi) is 2.01. The molecular weight excluding hydrogens is 180 g/mol. The Morgan fingerprint density at radius 3 is 3.00 bits per heavy atom. The van der Waals surface area contributed by atoms with Gasteiger partial charge in [-0.3, -0.25) is 0 Å². The number of hydrogen-bond acceptors (Lipinski definition) is 3. The standard InChI is InChI=1S/C10H8N2S/c11-5-8-3-1-2-7-4-9(6-12)13-10(7)8/h1-4H,5,11H2. The van der Waals surface area contributed by atoms with E-state index in [-0.39, 0.29) is 0 Å². The molecule has 1 aromatic heterocycles. The molecular formula is C10H8N2S. The predicted octanol–water partition coefficient (Wildman–Crippen LogP) is 2.23. The molecule has 2 aromatic rings. The van der Waals surface area contributed by atoms with Gasteiger partial charge < -0.3 is 5.73 Å². The van der Waals surface area contributed by atoms with E-state index in [1.807, 2.05) is 24.3 Å². The van der Waals surface area contributed by atoms with Gasteiger partial charge in [-0.2, -0.15) is 5.26 Å². The SMILES string of the molecule is N#Cc1cc2cccc(CN)c2s1. The highest BCUT2D eigenvalue weighted by atomic mass is 32.1.